The van der Waals surface area contributed by atoms with Gasteiger partial charge in [-0.15, -0.1) is 0 Å². The topological polar surface area (TPSA) is 86.7 Å². The number of nitrogens with zero attached hydrogens (tertiary/aromatic N) is 1. The highest BCUT2D eigenvalue weighted by Crippen LogP contribution is 2.27. The molecule has 1 aliphatic rings. The lowest BCUT2D eigenvalue weighted by atomic mass is 10.0. The van der Waals surface area contributed by atoms with Crippen LogP contribution in [0.25, 0.3) is 0 Å². The molecule has 0 bridgehead atoms. The highest BCUT2D eigenvalue weighted by molar-refractivity contribution is 6.01. The number of anilines is 1. The van der Waals surface area contributed by atoms with Crippen LogP contribution >= 0.6 is 0 Å². The Morgan fingerprint density at radius 2 is 2.05 bits per heavy atom. The number of aliphatic carboxylic acids is 1. The van der Waals surface area contributed by atoms with Crippen LogP contribution in [0.5, 0.6) is 0 Å². The minimum atomic E-state index is -0.970. The zero-order valence-corrected chi connectivity index (χ0v) is 11.8. The number of aryl methyl sites for hydroxylation is 1. The van der Waals surface area contributed by atoms with E-state index < -0.39 is 12.0 Å². The first-order valence-electron chi connectivity index (χ1n) is 6.87. The number of nitrogens with one attached hydrogen (secondary N) is 1. The standard InChI is InChI=1S/C15H18N2O4/c1-10(8-15(20)21)16-13(18)9-17-12-5-3-2-4-11(12)6-7-14(17)19/h2-5,10H,6-9H2,1H3,(H,16,18)(H,20,21). The van der Waals surface area contributed by atoms with Gasteiger partial charge < -0.3 is 15.3 Å². The molecular formula is C15H18N2O4. The Labute approximate surface area is 122 Å². The summed E-state index contributed by atoms with van der Waals surface area (Å²) in [6, 6.07) is 7.03. The van der Waals surface area contributed by atoms with E-state index in [4.69, 9.17) is 5.11 Å². The van der Waals surface area contributed by atoms with Gasteiger partial charge in [-0.05, 0) is 25.0 Å². The summed E-state index contributed by atoms with van der Waals surface area (Å²) in [5, 5.41) is 11.3. The molecule has 6 nitrogen and oxygen atoms in total. The van der Waals surface area contributed by atoms with E-state index in [1.54, 1.807) is 6.92 Å². The molecule has 1 heterocycles. The van der Waals surface area contributed by atoms with E-state index in [2.05, 4.69) is 5.32 Å². The Bertz CT molecular complexity index is 571. The van der Waals surface area contributed by atoms with Crippen molar-refractivity contribution in [2.24, 2.45) is 0 Å². The van der Waals surface area contributed by atoms with Crippen molar-refractivity contribution in [3.8, 4) is 0 Å². The second-order valence-electron chi connectivity index (χ2n) is 5.18. The van der Waals surface area contributed by atoms with Crippen molar-refractivity contribution in [3.05, 3.63) is 29.8 Å². The van der Waals surface area contributed by atoms with Crippen LogP contribution in [0.1, 0.15) is 25.3 Å². The summed E-state index contributed by atoms with van der Waals surface area (Å²) in [5.74, 6) is -1.41. The van der Waals surface area contributed by atoms with Gasteiger partial charge >= 0.3 is 5.97 Å². The summed E-state index contributed by atoms with van der Waals surface area (Å²) in [7, 11) is 0. The lowest BCUT2D eigenvalue weighted by Crippen LogP contribution is -2.45. The SMILES string of the molecule is CC(CC(=O)O)NC(=O)CN1C(=O)CCc2ccccc21. The van der Waals surface area contributed by atoms with Gasteiger partial charge in [0.2, 0.25) is 11.8 Å². The highest BCUT2D eigenvalue weighted by atomic mass is 16.4. The smallest absolute Gasteiger partial charge is 0.305 e. The van der Waals surface area contributed by atoms with Gasteiger partial charge in [-0.25, -0.2) is 0 Å². The monoisotopic (exact) mass is 290 g/mol. The van der Waals surface area contributed by atoms with Crippen LogP contribution in [0.4, 0.5) is 5.69 Å². The van der Waals surface area contributed by atoms with Crippen LogP contribution in [0.3, 0.4) is 0 Å². The summed E-state index contributed by atoms with van der Waals surface area (Å²) in [4.78, 5) is 36.0. The van der Waals surface area contributed by atoms with Crippen LogP contribution in [0.2, 0.25) is 0 Å². The van der Waals surface area contributed by atoms with E-state index >= 15 is 0 Å². The number of benzene rings is 1. The average Bonchev–Trinajstić information content (AvgIpc) is 2.41. The first-order valence-corrected chi connectivity index (χ1v) is 6.87. The van der Waals surface area contributed by atoms with Crippen LogP contribution in [0.15, 0.2) is 24.3 Å². The minimum absolute atomic E-state index is 0.0835. The zero-order chi connectivity index (χ0) is 15.4. The number of carboxylic acid groups (broad SMARTS) is 1. The number of para-hydroxylation sites is 1. The maximum atomic E-state index is 12.0. The van der Waals surface area contributed by atoms with Crippen molar-refractivity contribution >= 4 is 23.5 Å². The third kappa shape index (κ3) is 3.81. The van der Waals surface area contributed by atoms with E-state index in [9.17, 15) is 14.4 Å². The molecule has 2 rings (SSSR count). The number of fused-ring (bicyclic) bond motifs is 1. The van der Waals surface area contributed by atoms with Crippen LogP contribution in [0, 0.1) is 0 Å². The number of carboxylic acids is 1. The van der Waals surface area contributed by atoms with Gasteiger partial charge in [0.1, 0.15) is 6.54 Å². The number of rotatable bonds is 5. The first-order chi connectivity index (χ1) is 9.97. The third-order valence-corrected chi connectivity index (χ3v) is 3.38. The molecule has 2 amide bonds. The predicted octanol–water partition coefficient (Wildman–Crippen LogP) is 0.945. The molecule has 1 aromatic carbocycles. The summed E-state index contributed by atoms with van der Waals surface area (Å²) < 4.78 is 0. The van der Waals surface area contributed by atoms with Crippen molar-refractivity contribution < 1.29 is 19.5 Å². The zero-order valence-electron chi connectivity index (χ0n) is 11.8. The van der Waals surface area contributed by atoms with Crippen molar-refractivity contribution in [2.45, 2.75) is 32.2 Å². The van der Waals surface area contributed by atoms with E-state index in [1.165, 1.54) is 4.90 Å². The summed E-state index contributed by atoms with van der Waals surface area (Å²) in [6.07, 6.45) is 0.924. The molecule has 1 aromatic rings. The second kappa shape index (κ2) is 6.39. The Hall–Kier alpha value is -2.37. The lowest BCUT2D eigenvalue weighted by Gasteiger charge is -2.29. The van der Waals surface area contributed by atoms with Crippen molar-refractivity contribution in [1.82, 2.24) is 5.32 Å². The molecule has 1 aliphatic heterocycles. The van der Waals surface area contributed by atoms with Crippen molar-refractivity contribution in [1.29, 1.82) is 0 Å². The van der Waals surface area contributed by atoms with E-state index in [-0.39, 0.29) is 24.8 Å². The number of hydrogen-bond donors (Lipinski definition) is 2. The van der Waals surface area contributed by atoms with Crippen LogP contribution in [-0.4, -0.2) is 35.5 Å². The number of carbonyl (C=O) groups excluding carboxylic acids is 2. The summed E-state index contributed by atoms with van der Waals surface area (Å²) >= 11 is 0. The molecule has 0 aromatic heterocycles. The van der Waals surface area contributed by atoms with E-state index in [1.807, 2.05) is 24.3 Å². The van der Waals surface area contributed by atoms with Gasteiger partial charge in [0, 0.05) is 18.2 Å². The number of carbonyl (C=O) groups is 3. The van der Waals surface area contributed by atoms with Crippen LogP contribution < -0.4 is 10.2 Å². The van der Waals surface area contributed by atoms with E-state index in [0.717, 1.165) is 11.3 Å². The molecule has 0 saturated carbocycles. The maximum Gasteiger partial charge on any atom is 0.305 e. The normalized spacial score (nSPS) is 15.3. The molecule has 0 saturated heterocycles. The molecule has 0 spiro atoms. The molecule has 1 atom stereocenters. The minimum Gasteiger partial charge on any atom is -0.481 e. The third-order valence-electron chi connectivity index (χ3n) is 3.38. The fourth-order valence-electron chi connectivity index (χ4n) is 2.45. The Morgan fingerprint density at radius 3 is 2.76 bits per heavy atom. The van der Waals surface area contributed by atoms with Gasteiger partial charge in [-0.2, -0.15) is 0 Å². The number of hydrogen-bond acceptors (Lipinski definition) is 3. The van der Waals surface area contributed by atoms with Gasteiger partial charge in [-0.3, -0.25) is 14.4 Å². The predicted molar refractivity (Wildman–Crippen MR) is 77.0 cm³/mol. The largest absolute Gasteiger partial charge is 0.481 e. The fourth-order valence-corrected chi connectivity index (χ4v) is 2.45. The second-order valence-corrected chi connectivity index (χ2v) is 5.18. The molecule has 6 heteroatoms. The maximum absolute atomic E-state index is 12.0. The molecule has 2 N–H and O–H groups in total. The Morgan fingerprint density at radius 1 is 1.33 bits per heavy atom. The average molecular weight is 290 g/mol. The molecule has 0 aliphatic carbocycles. The molecule has 0 radical (unpaired) electrons. The van der Waals surface area contributed by atoms with Gasteiger partial charge in [-0.1, -0.05) is 18.2 Å². The van der Waals surface area contributed by atoms with Crippen molar-refractivity contribution in [2.75, 3.05) is 11.4 Å². The lowest BCUT2D eigenvalue weighted by molar-refractivity contribution is -0.137. The number of amides is 2. The van der Waals surface area contributed by atoms with Gasteiger partial charge in [0.05, 0.1) is 6.42 Å². The first kappa shape index (κ1) is 15.0. The molecule has 0 fully saturated rings. The molecular weight excluding hydrogens is 272 g/mol. The van der Waals surface area contributed by atoms with Crippen LogP contribution in [-0.2, 0) is 20.8 Å². The van der Waals surface area contributed by atoms with Gasteiger partial charge in [0.25, 0.3) is 0 Å². The summed E-state index contributed by atoms with van der Waals surface area (Å²) in [5.41, 5.74) is 1.80. The highest BCUT2D eigenvalue weighted by Gasteiger charge is 2.26. The quantitative estimate of drug-likeness (QED) is 0.845. The molecule has 1 unspecified atom stereocenters. The van der Waals surface area contributed by atoms with Gasteiger partial charge in [0.15, 0.2) is 0 Å². The molecule has 112 valence electrons. The summed E-state index contributed by atoms with van der Waals surface area (Å²) in [6.45, 7) is 1.54. The Balaban J connectivity index is 2.03. The fraction of sp³-hybridized carbons (Fsp3) is 0.400. The Kier molecular flexibility index (Phi) is 4.57. The van der Waals surface area contributed by atoms with Crippen molar-refractivity contribution in [3.63, 3.8) is 0 Å². The van der Waals surface area contributed by atoms with E-state index in [0.29, 0.717) is 12.8 Å². The molecule has 21 heavy (non-hydrogen) atoms.